The van der Waals surface area contributed by atoms with Gasteiger partial charge in [-0.05, 0) is 37.0 Å². The number of anilines is 1. The van der Waals surface area contributed by atoms with Crippen LogP contribution in [0.2, 0.25) is 0 Å². The molecule has 114 valence electrons. The minimum absolute atomic E-state index is 0.0255. The fraction of sp³-hybridized carbons (Fsp3) is 0.312. The standard InChI is InChI=1S/C16H19N5O/c17-8-12(9-19-15-3-1-2-6-22-15)11-4-5-14-13(7-11)16(18)21-10-20-14/h4-5,7-10,15,17,19H,1-3,6H2,(H2,18,20,21)/b12-9+,17-8?. The van der Waals surface area contributed by atoms with E-state index in [9.17, 15) is 0 Å². The third-order valence-electron chi connectivity index (χ3n) is 3.76. The topological polar surface area (TPSA) is 96.9 Å². The first-order valence-corrected chi connectivity index (χ1v) is 7.37. The lowest BCUT2D eigenvalue weighted by Gasteiger charge is -2.23. The zero-order valence-corrected chi connectivity index (χ0v) is 12.2. The van der Waals surface area contributed by atoms with Crippen molar-refractivity contribution in [1.29, 1.82) is 5.41 Å². The molecular formula is C16H19N5O. The number of nitrogens with two attached hydrogens (primary N) is 1. The Morgan fingerprint density at radius 3 is 3.05 bits per heavy atom. The van der Waals surface area contributed by atoms with Crippen LogP contribution in [0.15, 0.2) is 30.7 Å². The third kappa shape index (κ3) is 3.07. The molecule has 2 aromatic rings. The number of nitrogen functional groups attached to an aromatic ring is 1. The Kier molecular flexibility index (Phi) is 4.29. The van der Waals surface area contributed by atoms with E-state index in [-0.39, 0.29) is 6.23 Å². The molecule has 0 saturated carbocycles. The number of benzene rings is 1. The van der Waals surface area contributed by atoms with Crippen molar-refractivity contribution in [3.63, 3.8) is 0 Å². The van der Waals surface area contributed by atoms with Gasteiger partial charge in [-0.2, -0.15) is 0 Å². The molecule has 6 nitrogen and oxygen atoms in total. The normalized spacial score (nSPS) is 19.1. The summed E-state index contributed by atoms with van der Waals surface area (Å²) in [7, 11) is 0. The van der Waals surface area contributed by atoms with Crippen molar-refractivity contribution < 1.29 is 4.74 Å². The first kappa shape index (κ1) is 14.5. The number of hydrogen-bond acceptors (Lipinski definition) is 6. The Balaban J connectivity index is 1.86. The summed E-state index contributed by atoms with van der Waals surface area (Å²) in [5, 5.41) is 11.7. The average Bonchev–Trinajstić information content (AvgIpc) is 2.57. The Morgan fingerprint density at radius 2 is 2.27 bits per heavy atom. The number of nitrogens with one attached hydrogen (secondary N) is 2. The predicted molar refractivity (Wildman–Crippen MR) is 87.4 cm³/mol. The van der Waals surface area contributed by atoms with E-state index >= 15 is 0 Å². The third-order valence-corrected chi connectivity index (χ3v) is 3.76. The minimum atomic E-state index is 0.0255. The molecular weight excluding hydrogens is 278 g/mol. The first-order chi connectivity index (χ1) is 10.8. The summed E-state index contributed by atoms with van der Waals surface area (Å²) in [5.41, 5.74) is 8.35. The average molecular weight is 297 g/mol. The van der Waals surface area contributed by atoms with Gasteiger partial charge in [0.1, 0.15) is 18.4 Å². The van der Waals surface area contributed by atoms with Crippen LogP contribution in [0.25, 0.3) is 16.5 Å². The lowest BCUT2D eigenvalue weighted by molar-refractivity contribution is 0.00348. The van der Waals surface area contributed by atoms with Gasteiger partial charge >= 0.3 is 0 Å². The molecule has 0 radical (unpaired) electrons. The molecule has 0 spiro atoms. The molecule has 0 aliphatic carbocycles. The van der Waals surface area contributed by atoms with E-state index in [0.717, 1.165) is 47.9 Å². The van der Waals surface area contributed by atoms with E-state index in [2.05, 4.69) is 15.3 Å². The summed E-state index contributed by atoms with van der Waals surface area (Å²) in [5.74, 6) is 0.444. The molecule has 1 atom stereocenters. The Morgan fingerprint density at radius 1 is 1.36 bits per heavy atom. The fourth-order valence-electron chi connectivity index (χ4n) is 2.52. The van der Waals surface area contributed by atoms with Crippen LogP contribution in [0.3, 0.4) is 0 Å². The van der Waals surface area contributed by atoms with Crippen LogP contribution in [0.1, 0.15) is 24.8 Å². The van der Waals surface area contributed by atoms with E-state index in [4.69, 9.17) is 15.9 Å². The number of aromatic nitrogens is 2. The van der Waals surface area contributed by atoms with Crippen molar-refractivity contribution >= 4 is 28.5 Å². The van der Waals surface area contributed by atoms with Crippen LogP contribution >= 0.6 is 0 Å². The van der Waals surface area contributed by atoms with Gasteiger partial charge in [0, 0.05) is 30.0 Å². The highest BCUT2D eigenvalue weighted by atomic mass is 16.5. The maximum atomic E-state index is 7.64. The van der Waals surface area contributed by atoms with E-state index in [0.29, 0.717) is 5.82 Å². The fourth-order valence-corrected chi connectivity index (χ4v) is 2.52. The monoisotopic (exact) mass is 297 g/mol. The number of fused-ring (bicyclic) bond motifs is 1. The summed E-state index contributed by atoms with van der Waals surface area (Å²) in [6, 6.07) is 5.72. The highest BCUT2D eigenvalue weighted by Crippen LogP contribution is 2.22. The van der Waals surface area contributed by atoms with Crippen molar-refractivity contribution in [3.05, 3.63) is 36.3 Å². The van der Waals surface area contributed by atoms with Crippen LogP contribution in [0, 0.1) is 5.41 Å². The molecule has 1 aliphatic heterocycles. The maximum absolute atomic E-state index is 7.64. The number of hydrogen-bond donors (Lipinski definition) is 3. The number of rotatable bonds is 4. The lowest BCUT2D eigenvalue weighted by atomic mass is 10.0. The second kappa shape index (κ2) is 6.53. The van der Waals surface area contributed by atoms with Crippen LogP contribution in [-0.4, -0.2) is 29.0 Å². The molecule has 6 heteroatoms. The van der Waals surface area contributed by atoms with Gasteiger partial charge in [-0.15, -0.1) is 0 Å². The van der Waals surface area contributed by atoms with Gasteiger partial charge in [-0.3, -0.25) is 0 Å². The predicted octanol–water partition coefficient (Wildman–Crippen LogP) is 2.32. The molecule has 3 rings (SSSR count). The van der Waals surface area contributed by atoms with Crippen LogP contribution in [-0.2, 0) is 4.74 Å². The van der Waals surface area contributed by atoms with Crippen LogP contribution < -0.4 is 11.1 Å². The first-order valence-electron chi connectivity index (χ1n) is 7.37. The van der Waals surface area contributed by atoms with Gasteiger partial charge < -0.3 is 21.2 Å². The van der Waals surface area contributed by atoms with E-state index in [1.54, 1.807) is 0 Å². The quantitative estimate of drug-likeness (QED) is 0.752. The number of ether oxygens (including phenoxy) is 1. The minimum Gasteiger partial charge on any atom is -0.383 e. The Hall–Kier alpha value is -2.47. The van der Waals surface area contributed by atoms with Crippen molar-refractivity contribution in [2.75, 3.05) is 12.3 Å². The van der Waals surface area contributed by atoms with Gasteiger partial charge in [0.05, 0.1) is 5.52 Å². The molecule has 1 aromatic carbocycles. The lowest BCUT2D eigenvalue weighted by Crippen LogP contribution is -2.31. The molecule has 1 saturated heterocycles. The number of nitrogens with zero attached hydrogens (tertiary/aromatic N) is 2. The molecule has 0 amide bonds. The van der Waals surface area contributed by atoms with Crippen LogP contribution in [0.5, 0.6) is 0 Å². The summed E-state index contributed by atoms with van der Waals surface area (Å²) >= 11 is 0. The molecule has 1 unspecified atom stereocenters. The maximum Gasteiger partial charge on any atom is 0.134 e. The summed E-state index contributed by atoms with van der Waals surface area (Å²) < 4.78 is 5.63. The van der Waals surface area contributed by atoms with Gasteiger partial charge in [0.25, 0.3) is 0 Å². The molecule has 4 N–H and O–H groups in total. The van der Waals surface area contributed by atoms with Gasteiger partial charge in [-0.25, -0.2) is 9.97 Å². The molecule has 0 bridgehead atoms. The van der Waals surface area contributed by atoms with E-state index in [1.165, 1.54) is 12.5 Å². The Bertz CT molecular complexity index is 707. The molecule has 1 aromatic heterocycles. The van der Waals surface area contributed by atoms with Crippen molar-refractivity contribution in [2.45, 2.75) is 25.5 Å². The van der Waals surface area contributed by atoms with Gasteiger partial charge in [0.15, 0.2) is 0 Å². The second-order valence-corrected chi connectivity index (χ2v) is 5.26. The van der Waals surface area contributed by atoms with Crippen LogP contribution in [0.4, 0.5) is 5.82 Å². The van der Waals surface area contributed by atoms with Crippen molar-refractivity contribution in [3.8, 4) is 0 Å². The van der Waals surface area contributed by atoms with Crippen molar-refractivity contribution in [2.24, 2.45) is 0 Å². The summed E-state index contributed by atoms with van der Waals surface area (Å²) in [6.07, 6.45) is 7.88. The zero-order chi connectivity index (χ0) is 15.4. The second-order valence-electron chi connectivity index (χ2n) is 5.26. The molecule has 1 fully saturated rings. The van der Waals surface area contributed by atoms with Gasteiger partial charge in [-0.1, -0.05) is 6.07 Å². The summed E-state index contributed by atoms with van der Waals surface area (Å²) in [6.45, 7) is 0.787. The zero-order valence-electron chi connectivity index (χ0n) is 12.2. The molecule has 2 heterocycles. The highest BCUT2D eigenvalue weighted by Gasteiger charge is 2.12. The largest absolute Gasteiger partial charge is 0.383 e. The number of allylic oxidation sites excluding steroid dienone is 1. The van der Waals surface area contributed by atoms with E-state index in [1.807, 2.05) is 24.4 Å². The molecule has 22 heavy (non-hydrogen) atoms. The Labute approximate surface area is 128 Å². The molecule has 1 aliphatic rings. The SMILES string of the molecule is N=C/C(=C\NC1CCCCO1)c1ccc2ncnc(N)c2c1. The van der Waals surface area contributed by atoms with Gasteiger partial charge in [0.2, 0.25) is 0 Å². The summed E-state index contributed by atoms with van der Waals surface area (Å²) in [4.78, 5) is 8.19. The van der Waals surface area contributed by atoms with E-state index < -0.39 is 0 Å². The smallest absolute Gasteiger partial charge is 0.134 e. The highest BCUT2D eigenvalue weighted by molar-refractivity contribution is 6.09. The van der Waals surface area contributed by atoms with Crippen molar-refractivity contribution in [1.82, 2.24) is 15.3 Å².